The summed E-state index contributed by atoms with van der Waals surface area (Å²) in [6, 6.07) is 6.39. The van der Waals surface area contributed by atoms with Gasteiger partial charge in [-0.1, -0.05) is 13.0 Å². The lowest BCUT2D eigenvalue weighted by Crippen LogP contribution is -2.26. The van der Waals surface area contributed by atoms with Crippen molar-refractivity contribution in [2.24, 2.45) is 11.7 Å². The largest absolute Gasteiger partial charge is 0.496 e. The van der Waals surface area contributed by atoms with Gasteiger partial charge < -0.3 is 10.5 Å². The second-order valence-corrected chi connectivity index (χ2v) is 5.53. The first-order valence-corrected chi connectivity index (χ1v) is 7.35. The van der Waals surface area contributed by atoms with Gasteiger partial charge in [-0.3, -0.25) is 4.90 Å². The van der Waals surface area contributed by atoms with Crippen LogP contribution in [-0.2, 0) is 13.1 Å². The van der Waals surface area contributed by atoms with Gasteiger partial charge in [0.15, 0.2) is 0 Å². The molecule has 0 heterocycles. The number of hydrogen-bond acceptors (Lipinski definition) is 3. The molecule has 1 aromatic carbocycles. The number of methoxy groups -OCH3 is 1. The van der Waals surface area contributed by atoms with Crippen molar-refractivity contribution >= 4 is 0 Å². The summed E-state index contributed by atoms with van der Waals surface area (Å²) in [4.78, 5) is 2.57. The Morgan fingerprint density at radius 3 is 2.74 bits per heavy atom. The average molecular weight is 262 g/mol. The Kier molecular flexibility index (Phi) is 5.23. The second-order valence-electron chi connectivity index (χ2n) is 5.53. The first kappa shape index (κ1) is 14.4. The van der Waals surface area contributed by atoms with Crippen LogP contribution in [0.3, 0.4) is 0 Å². The molecule has 0 amide bonds. The van der Waals surface area contributed by atoms with Crippen LogP contribution >= 0.6 is 0 Å². The molecule has 0 spiro atoms. The van der Waals surface area contributed by atoms with Gasteiger partial charge in [0.1, 0.15) is 5.75 Å². The number of nitrogens with zero attached hydrogens (tertiary/aromatic N) is 1. The van der Waals surface area contributed by atoms with Crippen LogP contribution in [0.15, 0.2) is 18.2 Å². The molecule has 0 radical (unpaired) electrons. The van der Waals surface area contributed by atoms with Gasteiger partial charge in [0.05, 0.1) is 7.11 Å². The average Bonchev–Trinajstić information content (AvgIpc) is 3.22. The SMILES string of the molecule is CCCN(Cc1ccc(OC)c(CN)c1)CC1CC1. The van der Waals surface area contributed by atoms with Crippen molar-refractivity contribution in [1.82, 2.24) is 4.90 Å². The Balaban J connectivity index is 2.02. The third-order valence-electron chi connectivity index (χ3n) is 3.72. The van der Waals surface area contributed by atoms with E-state index < -0.39 is 0 Å². The van der Waals surface area contributed by atoms with Crippen LogP contribution in [0.4, 0.5) is 0 Å². The lowest BCUT2D eigenvalue weighted by atomic mass is 10.1. The van der Waals surface area contributed by atoms with Gasteiger partial charge in [0.25, 0.3) is 0 Å². The first-order valence-electron chi connectivity index (χ1n) is 7.35. The maximum absolute atomic E-state index is 5.78. The van der Waals surface area contributed by atoms with Gasteiger partial charge in [-0.25, -0.2) is 0 Å². The quantitative estimate of drug-likeness (QED) is 0.783. The molecule has 0 unspecified atom stereocenters. The summed E-state index contributed by atoms with van der Waals surface area (Å²) in [6.45, 7) is 6.24. The maximum atomic E-state index is 5.78. The smallest absolute Gasteiger partial charge is 0.123 e. The summed E-state index contributed by atoms with van der Waals surface area (Å²) < 4.78 is 5.32. The normalized spacial score (nSPS) is 14.9. The zero-order chi connectivity index (χ0) is 13.7. The number of hydrogen-bond donors (Lipinski definition) is 1. The molecule has 0 atom stereocenters. The van der Waals surface area contributed by atoms with E-state index in [1.807, 2.05) is 6.07 Å². The molecule has 0 saturated heterocycles. The van der Waals surface area contributed by atoms with Gasteiger partial charge in [-0.05, 0) is 49.4 Å². The third kappa shape index (κ3) is 4.22. The summed E-state index contributed by atoms with van der Waals surface area (Å²) >= 11 is 0. The Bertz CT molecular complexity index is 402. The molecule has 2 rings (SSSR count). The number of nitrogens with two attached hydrogens (primary N) is 1. The third-order valence-corrected chi connectivity index (χ3v) is 3.72. The van der Waals surface area contributed by atoms with Crippen molar-refractivity contribution in [1.29, 1.82) is 0 Å². The number of benzene rings is 1. The van der Waals surface area contributed by atoms with E-state index in [2.05, 4.69) is 24.0 Å². The Morgan fingerprint density at radius 2 is 2.16 bits per heavy atom. The molecule has 0 aliphatic heterocycles. The molecule has 19 heavy (non-hydrogen) atoms. The Hall–Kier alpha value is -1.06. The fourth-order valence-electron chi connectivity index (χ4n) is 2.56. The number of rotatable bonds is 8. The van der Waals surface area contributed by atoms with Crippen LogP contribution in [0.5, 0.6) is 5.75 Å². The minimum atomic E-state index is 0.535. The summed E-state index contributed by atoms with van der Waals surface area (Å²) in [5, 5.41) is 0. The predicted octanol–water partition coefficient (Wildman–Crippen LogP) is 2.78. The fraction of sp³-hybridized carbons (Fsp3) is 0.625. The van der Waals surface area contributed by atoms with Crippen molar-refractivity contribution in [3.8, 4) is 5.75 Å². The van der Waals surface area contributed by atoms with Gasteiger partial charge in [0, 0.05) is 25.2 Å². The summed E-state index contributed by atoms with van der Waals surface area (Å²) in [7, 11) is 1.70. The molecule has 1 fully saturated rings. The van der Waals surface area contributed by atoms with Crippen molar-refractivity contribution in [2.45, 2.75) is 39.3 Å². The Morgan fingerprint density at radius 1 is 1.37 bits per heavy atom. The molecule has 106 valence electrons. The molecule has 3 heteroatoms. The minimum absolute atomic E-state index is 0.535. The lowest BCUT2D eigenvalue weighted by Gasteiger charge is -2.22. The van der Waals surface area contributed by atoms with Gasteiger partial charge in [-0.2, -0.15) is 0 Å². The van der Waals surface area contributed by atoms with E-state index in [1.165, 1.54) is 37.9 Å². The summed E-state index contributed by atoms with van der Waals surface area (Å²) in [5.41, 5.74) is 8.22. The summed E-state index contributed by atoms with van der Waals surface area (Å²) in [6.07, 6.45) is 4.04. The van der Waals surface area contributed by atoms with E-state index >= 15 is 0 Å². The topological polar surface area (TPSA) is 38.5 Å². The predicted molar refractivity (Wildman–Crippen MR) is 79.2 cm³/mol. The highest BCUT2D eigenvalue weighted by Crippen LogP contribution is 2.30. The minimum Gasteiger partial charge on any atom is -0.496 e. The zero-order valence-electron chi connectivity index (χ0n) is 12.2. The van der Waals surface area contributed by atoms with Crippen LogP contribution in [0.25, 0.3) is 0 Å². The summed E-state index contributed by atoms with van der Waals surface area (Å²) in [5.74, 6) is 1.84. The highest BCUT2D eigenvalue weighted by Gasteiger charge is 2.24. The van der Waals surface area contributed by atoms with Gasteiger partial charge >= 0.3 is 0 Å². The van der Waals surface area contributed by atoms with E-state index in [0.717, 1.165) is 23.8 Å². The monoisotopic (exact) mass is 262 g/mol. The molecule has 1 aliphatic carbocycles. The van der Waals surface area contributed by atoms with E-state index in [1.54, 1.807) is 7.11 Å². The standard InChI is InChI=1S/C16H26N2O/c1-3-8-18(11-13-4-5-13)12-14-6-7-16(19-2)15(9-14)10-17/h6-7,9,13H,3-5,8,10-12,17H2,1-2H3. The molecule has 1 aromatic rings. The van der Waals surface area contributed by atoms with E-state index in [-0.39, 0.29) is 0 Å². The van der Waals surface area contributed by atoms with Gasteiger partial charge in [0.2, 0.25) is 0 Å². The lowest BCUT2D eigenvalue weighted by molar-refractivity contribution is 0.255. The van der Waals surface area contributed by atoms with Crippen LogP contribution < -0.4 is 10.5 Å². The van der Waals surface area contributed by atoms with Crippen LogP contribution in [0, 0.1) is 5.92 Å². The van der Waals surface area contributed by atoms with Crippen LogP contribution in [-0.4, -0.2) is 25.1 Å². The first-order chi connectivity index (χ1) is 9.26. The second kappa shape index (κ2) is 6.92. The molecule has 3 nitrogen and oxygen atoms in total. The van der Waals surface area contributed by atoms with Crippen molar-refractivity contribution in [2.75, 3.05) is 20.2 Å². The highest BCUT2D eigenvalue weighted by atomic mass is 16.5. The molecule has 0 aromatic heterocycles. The molecule has 1 saturated carbocycles. The van der Waals surface area contributed by atoms with E-state index in [0.29, 0.717) is 6.54 Å². The van der Waals surface area contributed by atoms with Crippen molar-refractivity contribution < 1.29 is 4.74 Å². The fourth-order valence-corrected chi connectivity index (χ4v) is 2.56. The maximum Gasteiger partial charge on any atom is 0.123 e. The molecule has 1 aliphatic rings. The van der Waals surface area contributed by atoms with Crippen molar-refractivity contribution in [3.05, 3.63) is 29.3 Å². The molecule has 2 N–H and O–H groups in total. The van der Waals surface area contributed by atoms with E-state index in [9.17, 15) is 0 Å². The molecular weight excluding hydrogens is 236 g/mol. The highest BCUT2D eigenvalue weighted by molar-refractivity contribution is 5.37. The number of ether oxygens (including phenoxy) is 1. The Labute approximate surface area is 116 Å². The van der Waals surface area contributed by atoms with Gasteiger partial charge in [-0.15, -0.1) is 0 Å². The van der Waals surface area contributed by atoms with Crippen LogP contribution in [0.2, 0.25) is 0 Å². The molecule has 0 bridgehead atoms. The van der Waals surface area contributed by atoms with E-state index in [4.69, 9.17) is 10.5 Å². The molecular formula is C16H26N2O. The zero-order valence-corrected chi connectivity index (χ0v) is 12.2. The van der Waals surface area contributed by atoms with Crippen molar-refractivity contribution in [3.63, 3.8) is 0 Å². The van der Waals surface area contributed by atoms with Crippen LogP contribution in [0.1, 0.15) is 37.3 Å².